The van der Waals surface area contributed by atoms with Crippen molar-refractivity contribution in [3.05, 3.63) is 89.0 Å². The molecule has 0 radical (unpaired) electrons. The molecule has 0 aliphatic carbocycles. The third-order valence-corrected chi connectivity index (χ3v) is 8.15. The molecule has 0 amide bonds. The van der Waals surface area contributed by atoms with Gasteiger partial charge in [0.15, 0.2) is 0 Å². The Balaban J connectivity index is 1.44. The van der Waals surface area contributed by atoms with Crippen molar-refractivity contribution in [3.8, 4) is 11.5 Å². The summed E-state index contributed by atoms with van der Waals surface area (Å²) in [5.41, 5.74) is 5.93. The van der Waals surface area contributed by atoms with Gasteiger partial charge in [0.1, 0.15) is 18.1 Å². The van der Waals surface area contributed by atoms with Gasteiger partial charge in [0.2, 0.25) is 0 Å². The molecule has 1 unspecified atom stereocenters. The predicted molar refractivity (Wildman–Crippen MR) is 148 cm³/mol. The van der Waals surface area contributed by atoms with E-state index in [4.69, 9.17) is 4.74 Å². The maximum absolute atomic E-state index is 10.2. The maximum Gasteiger partial charge on any atom is 0.119 e. The van der Waals surface area contributed by atoms with E-state index in [0.717, 1.165) is 31.9 Å². The largest absolute Gasteiger partial charge is 0.508 e. The lowest BCUT2D eigenvalue weighted by Crippen LogP contribution is -2.49. The van der Waals surface area contributed by atoms with Crippen molar-refractivity contribution in [2.24, 2.45) is 0 Å². The van der Waals surface area contributed by atoms with Gasteiger partial charge in [0.05, 0.1) is 5.54 Å². The highest BCUT2D eigenvalue weighted by molar-refractivity contribution is 5.61. The zero-order valence-corrected chi connectivity index (χ0v) is 22.0. The molecular weight excluding hydrogens is 444 g/mol. The van der Waals surface area contributed by atoms with Crippen molar-refractivity contribution in [3.63, 3.8) is 0 Å². The van der Waals surface area contributed by atoms with E-state index in [9.17, 15) is 5.11 Å². The Hall–Kier alpha value is -2.98. The number of fused-ring (bicyclic) bond motifs is 1. The number of hydrogen-bond acceptors (Lipinski definition) is 4. The number of piperidine rings is 1. The summed E-state index contributed by atoms with van der Waals surface area (Å²) in [5, 5.41) is 10.2. The maximum atomic E-state index is 10.2. The van der Waals surface area contributed by atoms with Crippen molar-refractivity contribution in [2.45, 2.75) is 57.9 Å². The Kier molecular flexibility index (Phi) is 7.25. The van der Waals surface area contributed by atoms with Crippen LogP contribution in [0.5, 0.6) is 11.5 Å². The molecular formula is C32H40N2O2. The Morgan fingerprint density at radius 2 is 1.69 bits per heavy atom. The van der Waals surface area contributed by atoms with Crippen LogP contribution >= 0.6 is 0 Å². The van der Waals surface area contributed by atoms with Crippen molar-refractivity contribution >= 4 is 5.69 Å². The first-order valence-corrected chi connectivity index (χ1v) is 13.6. The minimum atomic E-state index is -0.358. The van der Waals surface area contributed by atoms with E-state index in [-0.39, 0.29) is 5.54 Å². The molecule has 4 nitrogen and oxygen atoms in total. The van der Waals surface area contributed by atoms with E-state index in [1.807, 2.05) is 12.1 Å². The van der Waals surface area contributed by atoms with E-state index in [2.05, 4.69) is 85.2 Å². The van der Waals surface area contributed by atoms with E-state index >= 15 is 0 Å². The number of anilines is 1. The van der Waals surface area contributed by atoms with E-state index in [1.165, 1.54) is 60.3 Å². The molecule has 2 heterocycles. The van der Waals surface area contributed by atoms with Crippen molar-refractivity contribution in [1.82, 2.24) is 4.90 Å². The normalized spacial score (nSPS) is 20.4. The van der Waals surface area contributed by atoms with Crippen molar-refractivity contribution in [2.75, 3.05) is 37.7 Å². The smallest absolute Gasteiger partial charge is 0.119 e. The van der Waals surface area contributed by atoms with Gasteiger partial charge < -0.3 is 14.7 Å². The van der Waals surface area contributed by atoms with Gasteiger partial charge in [-0.3, -0.25) is 4.90 Å². The second-order valence-electron chi connectivity index (χ2n) is 10.8. The summed E-state index contributed by atoms with van der Waals surface area (Å²) in [5.74, 6) is 1.74. The number of aromatic hydroxyl groups is 1. The third-order valence-electron chi connectivity index (χ3n) is 8.15. The lowest BCUT2D eigenvalue weighted by atomic mass is 9.76. The fourth-order valence-electron chi connectivity index (χ4n) is 5.96. The van der Waals surface area contributed by atoms with Gasteiger partial charge in [-0.15, -0.1) is 0 Å². The first kappa shape index (κ1) is 24.7. The zero-order valence-electron chi connectivity index (χ0n) is 22.0. The number of phenols is 1. The number of likely N-dealkylation sites (tertiary alicyclic amines) is 1. The highest BCUT2D eigenvalue weighted by Crippen LogP contribution is 2.45. The molecule has 3 aromatic carbocycles. The quantitative estimate of drug-likeness (QED) is 0.404. The first-order chi connectivity index (χ1) is 17.4. The third kappa shape index (κ3) is 4.97. The topological polar surface area (TPSA) is 35.9 Å². The summed E-state index contributed by atoms with van der Waals surface area (Å²) >= 11 is 0. The Morgan fingerprint density at radius 1 is 0.917 bits per heavy atom. The molecule has 0 aromatic heterocycles. The monoisotopic (exact) mass is 484 g/mol. The van der Waals surface area contributed by atoms with Crippen LogP contribution < -0.4 is 9.64 Å². The summed E-state index contributed by atoms with van der Waals surface area (Å²) in [6.07, 6.45) is 4.88. The van der Waals surface area contributed by atoms with Crippen LogP contribution in [0.25, 0.3) is 0 Å². The van der Waals surface area contributed by atoms with Crippen LogP contribution in [0.3, 0.4) is 0 Å². The van der Waals surface area contributed by atoms with Crippen LogP contribution in [0.2, 0.25) is 0 Å². The Bertz CT molecular complexity index is 1170. The number of ether oxygens (including phenoxy) is 1. The van der Waals surface area contributed by atoms with E-state index in [0.29, 0.717) is 11.7 Å². The molecule has 190 valence electrons. The number of rotatable bonds is 7. The first-order valence-electron chi connectivity index (χ1n) is 13.6. The minimum absolute atomic E-state index is 0.337. The van der Waals surface area contributed by atoms with Crippen molar-refractivity contribution < 1.29 is 9.84 Å². The Labute approximate surface area is 216 Å². The standard InChI is InChI=1S/C32H40N2O2/c1-24(2)25-8-7-9-28(22-25)34-19-16-26-23-29(35)12-15-31(26)32(34,3)27-10-13-30(14-11-27)36-21-20-33-17-5-4-6-18-33/h7-15,22-24,35H,4-6,16-21H2,1-3H3. The van der Waals surface area contributed by atoms with Crippen LogP contribution in [0.1, 0.15) is 68.2 Å². The lowest BCUT2D eigenvalue weighted by molar-refractivity contribution is 0.183. The SMILES string of the molecule is CC(C)c1cccc(N2CCc3cc(O)ccc3C2(C)c2ccc(OCCN3CCCCC3)cc2)c1. The molecule has 3 aromatic rings. The van der Waals surface area contributed by atoms with Gasteiger partial charge in [-0.2, -0.15) is 0 Å². The molecule has 0 bridgehead atoms. The van der Waals surface area contributed by atoms with Gasteiger partial charge in [0.25, 0.3) is 0 Å². The summed E-state index contributed by atoms with van der Waals surface area (Å²) < 4.78 is 6.13. The molecule has 4 heteroatoms. The number of benzene rings is 3. The molecule has 0 spiro atoms. The van der Waals surface area contributed by atoms with Crippen LogP contribution in [-0.4, -0.2) is 42.8 Å². The number of nitrogens with zero attached hydrogens (tertiary/aromatic N) is 2. The van der Waals surface area contributed by atoms with Gasteiger partial charge >= 0.3 is 0 Å². The van der Waals surface area contributed by atoms with Gasteiger partial charge in [-0.25, -0.2) is 0 Å². The summed E-state index contributed by atoms with van der Waals surface area (Å²) in [6.45, 7) is 11.8. The highest BCUT2D eigenvalue weighted by Gasteiger charge is 2.40. The van der Waals surface area contributed by atoms with E-state index < -0.39 is 0 Å². The van der Waals surface area contributed by atoms with Gasteiger partial charge in [-0.1, -0.05) is 50.6 Å². The van der Waals surface area contributed by atoms with Crippen LogP contribution in [0.15, 0.2) is 66.7 Å². The second-order valence-corrected chi connectivity index (χ2v) is 10.8. The number of hydrogen-bond donors (Lipinski definition) is 1. The van der Waals surface area contributed by atoms with Crippen LogP contribution in [0.4, 0.5) is 5.69 Å². The average Bonchev–Trinajstić information content (AvgIpc) is 2.90. The summed E-state index contributed by atoms with van der Waals surface area (Å²) in [6, 6.07) is 23.5. The average molecular weight is 485 g/mol. The molecule has 1 saturated heterocycles. The zero-order chi connectivity index (χ0) is 25.1. The molecule has 2 aliphatic heterocycles. The molecule has 1 atom stereocenters. The minimum Gasteiger partial charge on any atom is -0.508 e. The second kappa shape index (κ2) is 10.6. The molecule has 1 fully saturated rings. The predicted octanol–water partition coefficient (Wildman–Crippen LogP) is 6.71. The Morgan fingerprint density at radius 3 is 2.44 bits per heavy atom. The highest BCUT2D eigenvalue weighted by atomic mass is 16.5. The fourth-order valence-corrected chi connectivity index (χ4v) is 5.96. The lowest BCUT2D eigenvalue weighted by Gasteiger charge is -2.48. The summed E-state index contributed by atoms with van der Waals surface area (Å²) in [4.78, 5) is 5.04. The molecule has 36 heavy (non-hydrogen) atoms. The van der Waals surface area contributed by atoms with Crippen LogP contribution in [-0.2, 0) is 12.0 Å². The molecule has 2 aliphatic rings. The van der Waals surface area contributed by atoms with E-state index in [1.54, 1.807) is 0 Å². The molecule has 0 saturated carbocycles. The fraction of sp³-hybridized carbons (Fsp3) is 0.438. The van der Waals surface area contributed by atoms with Gasteiger partial charge in [-0.05, 0) is 104 Å². The van der Waals surface area contributed by atoms with Crippen molar-refractivity contribution in [1.29, 1.82) is 0 Å². The number of phenolic OH excluding ortho intramolecular Hbond substituents is 1. The molecule has 5 rings (SSSR count). The van der Waals surface area contributed by atoms with Gasteiger partial charge in [0, 0.05) is 18.8 Å². The van der Waals surface area contributed by atoms with Crippen LogP contribution in [0, 0.1) is 0 Å². The summed E-state index contributed by atoms with van der Waals surface area (Å²) in [7, 11) is 0. The molecule has 1 N–H and O–H groups in total.